The van der Waals surface area contributed by atoms with Gasteiger partial charge in [0.2, 0.25) is 0 Å². The molecule has 0 aliphatic rings. The van der Waals surface area contributed by atoms with E-state index >= 15 is 0 Å². The van der Waals surface area contributed by atoms with Crippen molar-refractivity contribution in [3.05, 3.63) is 15.5 Å². The molecule has 0 aliphatic carbocycles. The quantitative estimate of drug-likeness (QED) is 0.669. The van der Waals surface area contributed by atoms with Crippen LogP contribution >= 0.6 is 22.9 Å². The predicted octanol–water partition coefficient (Wildman–Crippen LogP) is 2.27. The highest BCUT2D eigenvalue weighted by atomic mass is 35.5. The molecule has 0 radical (unpaired) electrons. The summed E-state index contributed by atoms with van der Waals surface area (Å²) in [5.74, 6) is 0. The molecule has 1 heterocycles. The highest BCUT2D eigenvalue weighted by molar-refractivity contribution is 7.15. The third-order valence-electron chi connectivity index (χ3n) is 1.41. The van der Waals surface area contributed by atoms with Crippen molar-refractivity contribution in [3.63, 3.8) is 0 Å². The van der Waals surface area contributed by atoms with E-state index in [0.717, 1.165) is 11.2 Å². The number of aldehydes is 1. The number of carbonyl (C=O) groups excluding carboxylic acids is 1. The van der Waals surface area contributed by atoms with Crippen LogP contribution in [-0.4, -0.2) is 11.3 Å². The molecule has 0 saturated carbocycles. The Kier molecular flexibility index (Phi) is 2.30. The fourth-order valence-corrected chi connectivity index (χ4v) is 1.61. The lowest BCUT2D eigenvalue weighted by Crippen LogP contribution is -2.16. The molecule has 0 unspecified atom stereocenters. The second-order valence-corrected chi connectivity index (χ2v) is 4.43. The van der Waals surface area contributed by atoms with E-state index in [2.05, 4.69) is 4.98 Å². The van der Waals surface area contributed by atoms with E-state index in [0.29, 0.717) is 4.47 Å². The summed E-state index contributed by atoms with van der Waals surface area (Å²) in [6.45, 7) is 3.67. The Labute approximate surface area is 74.2 Å². The summed E-state index contributed by atoms with van der Waals surface area (Å²) in [6.07, 6.45) is 2.54. The normalized spacial score (nSPS) is 11.5. The van der Waals surface area contributed by atoms with Crippen LogP contribution < -0.4 is 0 Å². The van der Waals surface area contributed by atoms with Crippen molar-refractivity contribution in [3.8, 4) is 0 Å². The van der Waals surface area contributed by atoms with Gasteiger partial charge in [-0.15, -0.1) is 11.3 Å². The number of hydrogen-bond donors (Lipinski definition) is 0. The molecule has 2 nitrogen and oxygen atoms in total. The summed E-state index contributed by atoms with van der Waals surface area (Å²) in [5.41, 5.74) is -0.454. The molecular weight excluding hydrogens is 182 g/mol. The molecule has 0 fully saturated rings. The van der Waals surface area contributed by atoms with Crippen molar-refractivity contribution in [1.29, 1.82) is 0 Å². The van der Waals surface area contributed by atoms with Gasteiger partial charge in [0.05, 0.1) is 5.41 Å². The van der Waals surface area contributed by atoms with Crippen LogP contribution in [0.15, 0.2) is 6.20 Å². The zero-order chi connectivity index (χ0) is 8.48. The minimum absolute atomic E-state index is 0.454. The zero-order valence-electron chi connectivity index (χ0n) is 6.30. The standard InChI is InChI=1S/C7H8ClNOS/c1-7(2,4-10)5-3-9-6(8)11-5/h3-4H,1-2H3. The van der Waals surface area contributed by atoms with Gasteiger partial charge in [-0.05, 0) is 13.8 Å². The molecule has 0 saturated heterocycles. The molecule has 60 valence electrons. The Morgan fingerprint density at radius 2 is 2.36 bits per heavy atom. The van der Waals surface area contributed by atoms with Crippen LogP contribution in [0.5, 0.6) is 0 Å². The molecule has 4 heteroatoms. The Hall–Kier alpha value is -0.410. The number of hydrogen-bond acceptors (Lipinski definition) is 3. The molecule has 0 aromatic carbocycles. The summed E-state index contributed by atoms with van der Waals surface area (Å²) in [7, 11) is 0. The summed E-state index contributed by atoms with van der Waals surface area (Å²) < 4.78 is 0.481. The Balaban J connectivity index is 3.01. The molecule has 1 aromatic rings. The van der Waals surface area contributed by atoms with Crippen LogP contribution in [0.3, 0.4) is 0 Å². The Morgan fingerprint density at radius 3 is 2.73 bits per heavy atom. The Morgan fingerprint density at radius 1 is 1.73 bits per heavy atom. The first-order valence-electron chi connectivity index (χ1n) is 3.14. The van der Waals surface area contributed by atoms with Gasteiger partial charge in [0.25, 0.3) is 0 Å². The van der Waals surface area contributed by atoms with Crippen molar-refractivity contribution < 1.29 is 4.79 Å². The fourth-order valence-electron chi connectivity index (χ4n) is 0.609. The Bertz CT molecular complexity index is 269. The van der Waals surface area contributed by atoms with Gasteiger partial charge in [-0.2, -0.15) is 0 Å². The molecule has 1 rings (SSSR count). The monoisotopic (exact) mass is 189 g/mol. The largest absolute Gasteiger partial charge is 0.302 e. The van der Waals surface area contributed by atoms with E-state index in [1.54, 1.807) is 6.20 Å². The number of rotatable bonds is 2. The maximum atomic E-state index is 10.6. The molecule has 1 aromatic heterocycles. The first kappa shape index (κ1) is 8.68. The summed E-state index contributed by atoms with van der Waals surface area (Å²) >= 11 is 6.96. The second kappa shape index (κ2) is 2.91. The van der Waals surface area contributed by atoms with Crippen LogP contribution in [-0.2, 0) is 10.2 Å². The van der Waals surface area contributed by atoms with Gasteiger partial charge in [-0.25, -0.2) is 4.98 Å². The van der Waals surface area contributed by atoms with E-state index in [1.165, 1.54) is 11.3 Å². The first-order valence-corrected chi connectivity index (χ1v) is 4.34. The van der Waals surface area contributed by atoms with Crippen LogP contribution in [0.2, 0.25) is 4.47 Å². The third-order valence-corrected chi connectivity index (χ3v) is 2.86. The average molecular weight is 190 g/mol. The van der Waals surface area contributed by atoms with Gasteiger partial charge in [-0.3, -0.25) is 0 Å². The molecule has 0 N–H and O–H groups in total. The maximum Gasteiger partial charge on any atom is 0.183 e. The topological polar surface area (TPSA) is 30.0 Å². The number of thiazole rings is 1. The van der Waals surface area contributed by atoms with Crippen LogP contribution in [0.25, 0.3) is 0 Å². The van der Waals surface area contributed by atoms with Crippen molar-refractivity contribution >= 4 is 29.2 Å². The van der Waals surface area contributed by atoms with E-state index in [4.69, 9.17) is 11.6 Å². The highest BCUT2D eigenvalue weighted by Crippen LogP contribution is 2.28. The van der Waals surface area contributed by atoms with Gasteiger partial charge < -0.3 is 4.79 Å². The molecular formula is C7H8ClNOS. The maximum absolute atomic E-state index is 10.6. The first-order chi connectivity index (χ1) is 5.06. The second-order valence-electron chi connectivity index (χ2n) is 2.82. The molecule has 0 bridgehead atoms. The number of halogens is 1. The van der Waals surface area contributed by atoms with Crippen molar-refractivity contribution in [2.45, 2.75) is 19.3 Å². The highest BCUT2D eigenvalue weighted by Gasteiger charge is 2.21. The summed E-state index contributed by atoms with van der Waals surface area (Å²) in [5, 5.41) is 0. The number of nitrogens with zero attached hydrogens (tertiary/aromatic N) is 1. The number of carbonyl (C=O) groups is 1. The average Bonchev–Trinajstić information content (AvgIpc) is 2.36. The van der Waals surface area contributed by atoms with E-state index in [1.807, 2.05) is 13.8 Å². The van der Waals surface area contributed by atoms with E-state index in [9.17, 15) is 4.79 Å². The lowest BCUT2D eigenvalue weighted by Gasteiger charge is -2.12. The lowest BCUT2D eigenvalue weighted by atomic mass is 9.95. The molecule has 11 heavy (non-hydrogen) atoms. The van der Waals surface area contributed by atoms with E-state index in [-0.39, 0.29) is 0 Å². The minimum Gasteiger partial charge on any atom is -0.302 e. The molecule has 0 amide bonds. The lowest BCUT2D eigenvalue weighted by molar-refractivity contribution is -0.111. The van der Waals surface area contributed by atoms with Crippen LogP contribution in [0.1, 0.15) is 18.7 Å². The van der Waals surface area contributed by atoms with Gasteiger partial charge in [0.15, 0.2) is 4.47 Å². The summed E-state index contributed by atoms with van der Waals surface area (Å²) in [4.78, 5) is 15.3. The zero-order valence-corrected chi connectivity index (χ0v) is 7.87. The van der Waals surface area contributed by atoms with E-state index < -0.39 is 5.41 Å². The van der Waals surface area contributed by atoms with Gasteiger partial charge in [0.1, 0.15) is 6.29 Å². The molecule has 0 aliphatic heterocycles. The van der Waals surface area contributed by atoms with Crippen molar-refractivity contribution in [2.75, 3.05) is 0 Å². The van der Waals surface area contributed by atoms with Crippen LogP contribution in [0.4, 0.5) is 0 Å². The predicted molar refractivity (Wildman–Crippen MR) is 46.2 cm³/mol. The molecule has 0 atom stereocenters. The van der Waals surface area contributed by atoms with Crippen molar-refractivity contribution in [2.24, 2.45) is 0 Å². The summed E-state index contributed by atoms with van der Waals surface area (Å²) in [6, 6.07) is 0. The minimum atomic E-state index is -0.454. The smallest absolute Gasteiger partial charge is 0.183 e. The van der Waals surface area contributed by atoms with Gasteiger partial charge in [0, 0.05) is 11.1 Å². The number of aromatic nitrogens is 1. The van der Waals surface area contributed by atoms with Gasteiger partial charge >= 0.3 is 0 Å². The fraction of sp³-hybridized carbons (Fsp3) is 0.429. The molecule has 0 spiro atoms. The SMILES string of the molecule is CC(C)(C=O)c1cnc(Cl)s1. The van der Waals surface area contributed by atoms with Gasteiger partial charge in [-0.1, -0.05) is 11.6 Å². The van der Waals surface area contributed by atoms with Crippen LogP contribution in [0, 0.1) is 0 Å². The van der Waals surface area contributed by atoms with Crippen molar-refractivity contribution in [1.82, 2.24) is 4.98 Å². The third kappa shape index (κ3) is 1.79.